The first-order chi connectivity index (χ1) is 11.4. The van der Waals surface area contributed by atoms with Gasteiger partial charge in [0.2, 0.25) is 0 Å². The standard InChI is InChI=1S/C10H11N.C6H14NOP.2C2H6/c1-7-9-5-3-4-6-10(9)8(2)11-7;1-6(8)2-4-7(9)5-3-6;2*1-2/h3-7H,1-2H3;8H,2-5,9H2,1H3;2*1-2H3. The van der Waals surface area contributed by atoms with E-state index in [2.05, 4.69) is 57.2 Å². The number of aliphatic hydroxyl groups is 1. The minimum Gasteiger partial charge on any atom is -0.390 e. The van der Waals surface area contributed by atoms with Crippen molar-refractivity contribution in [2.45, 2.75) is 73.0 Å². The van der Waals surface area contributed by atoms with Crippen molar-refractivity contribution >= 4 is 15.1 Å². The molecule has 0 bridgehead atoms. The van der Waals surface area contributed by atoms with Gasteiger partial charge in [-0.25, -0.2) is 0 Å². The van der Waals surface area contributed by atoms with E-state index >= 15 is 0 Å². The summed E-state index contributed by atoms with van der Waals surface area (Å²) in [6.45, 7) is 16.1. The molecule has 0 saturated carbocycles. The van der Waals surface area contributed by atoms with Gasteiger partial charge in [-0.3, -0.25) is 9.66 Å². The smallest absolute Gasteiger partial charge is 0.0730 e. The third-order valence-corrected chi connectivity index (χ3v) is 4.58. The summed E-state index contributed by atoms with van der Waals surface area (Å²) >= 11 is 0. The van der Waals surface area contributed by atoms with E-state index in [1.165, 1.54) is 16.8 Å². The second-order valence-electron chi connectivity index (χ2n) is 6.01. The summed E-state index contributed by atoms with van der Waals surface area (Å²) in [7, 11) is 2.66. The van der Waals surface area contributed by atoms with E-state index < -0.39 is 5.60 Å². The van der Waals surface area contributed by atoms with Crippen LogP contribution in [-0.4, -0.2) is 34.2 Å². The first kappa shape index (κ1) is 23.2. The predicted molar refractivity (Wildman–Crippen MR) is 111 cm³/mol. The Hall–Kier alpha value is -0.760. The van der Waals surface area contributed by atoms with Crippen molar-refractivity contribution in [2.24, 2.45) is 4.99 Å². The van der Waals surface area contributed by atoms with Crippen LogP contribution in [0.15, 0.2) is 29.3 Å². The third kappa shape index (κ3) is 7.42. The van der Waals surface area contributed by atoms with Gasteiger partial charge in [-0.2, -0.15) is 0 Å². The van der Waals surface area contributed by atoms with Crippen LogP contribution in [0.25, 0.3) is 0 Å². The Kier molecular flexibility index (Phi) is 11.4. The second-order valence-corrected chi connectivity index (χ2v) is 6.74. The van der Waals surface area contributed by atoms with E-state index in [0.717, 1.165) is 25.9 Å². The molecule has 2 aliphatic rings. The van der Waals surface area contributed by atoms with Crippen molar-refractivity contribution in [3.05, 3.63) is 35.4 Å². The number of benzene rings is 1. The third-order valence-electron chi connectivity index (χ3n) is 4.06. The first-order valence-electron chi connectivity index (χ1n) is 9.25. The van der Waals surface area contributed by atoms with Gasteiger partial charge >= 0.3 is 0 Å². The molecule has 1 aromatic rings. The molecule has 24 heavy (non-hydrogen) atoms. The number of rotatable bonds is 0. The molecule has 0 aromatic heterocycles. The summed E-state index contributed by atoms with van der Waals surface area (Å²) < 4.78 is 2.16. The number of piperidine rings is 1. The number of fused-ring (bicyclic) bond motifs is 1. The molecule has 1 saturated heterocycles. The molecule has 4 heteroatoms. The highest BCUT2D eigenvalue weighted by atomic mass is 31.0. The fourth-order valence-electron chi connectivity index (χ4n) is 2.63. The summed E-state index contributed by atoms with van der Waals surface area (Å²) in [5, 5.41) is 9.46. The minimum atomic E-state index is -0.396. The lowest BCUT2D eigenvalue weighted by atomic mass is 9.95. The summed E-state index contributed by atoms with van der Waals surface area (Å²) in [4.78, 5) is 4.47. The maximum Gasteiger partial charge on any atom is 0.0730 e. The zero-order chi connectivity index (χ0) is 18.8. The van der Waals surface area contributed by atoms with Gasteiger partial charge in [-0.1, -0.05) is 61.4 Å². The second kappa shape index (κ2) is 11.7. The average Bonchev–Trinajstić information content (AvgIpc) is 2.90. The van der Waals surface area contributed by atoms with Crippen LogP contribution >= 0.6 is 9.39 Å². The Morgan fingerprint density at radius 1 is 1.12 bits per heavy atom. The van der Waals surface area contributed by atoms with E-state index in [1.807, 2.05) is 34.6 Å². The van der Waals surface area contributed by atoms with Crippen molar-refractivity contribution in [3.63, 3.8) is 0 Å². The maximum atomic E-state index is 9.46. The number of nitrogens with zero attached hydrogens (tertiary/aromatic N) is 2. The SMILES string of the molecule is CC.CC.CC1(O)CCN(P)CC1.CC1=NC(C)c2ccccc21. The number of hydrogen-bond donors (Lipinski definition) is 1. The van der Waals surface area contributed by atoms with Gasteiger partial charge in [0.1, 0.15) is 0 Å². The Bertz CT molecular complexity index is 490. The lowest BCUT2D eigenvalue weighted by Gasteiger charge is -2.33. The molecule has 0 radical (unpaired) electrons. The van der Waals surface area contributed by atoms with Crippen LogP contribution in [0.1, 0.15) is 78.5 Å². The highest BCUT2D eigenvalue weighted by molar-refractivity contribution is 7.13. The van der Waals surface area contributed by atoms with Crippen molar-refractivity contribution in [2.75, 3.05) is 13.1 Å². The molecule has 2 atom stereocenters. The summed E-state index contributed by atoms with van der Waals surface area (Å²) in [6.07, 6.45) is 1.80. The van der Waals surface area contributed by atoms with Gasteiger partial charge in [-0.05, 0) is 39.2 Å². The molecular weight excluding hydrogens is 315 g/mol. The lowest BCUT2D eigenvalue weighted by Crippen LogP contribution is -2.37. The molecule has 1 N–H and O–H groups in total. The van der Waals surface area contributed by atoms with Crippen LogP contribution in [0, 0.1) is 0 Å². The largest absolute Gasteiger partial charge is 0.390 e. The Morgan fingerprint density at radius 3 is 2.08 bits per heavy atom. The molecule has 0 aliphatic carbocycles. The summed E-state index contributed by atoms with van der Waals surface area (Å²) in [5.41, 5.74) is 3.46. The van der Waals surface area contributed by atoms with E-state index in [0.29, 0.717) is 6.04 Å². The zero-order valence-corrected chi connectivity index (χ0v) is 17.8. The van der Waals surface area contributed by atoms with Crippen molar-refractivity contribution < 1.29 is 5.11 Å². The molecule has 1 fully saturated rings. The molecule has 2 heterocycles. The lowest BCUT2D eigenvalue weighted by molar-refractivity contribution is 0.0141. The fraction of sp³-hybridized carbons (Fsp3) is 0.650. The normalized spacial score (nSPS) is 20.9. The van der Waals surface area contributed by atoms with Crippen LogP contribution in [0.5, 0.6) is 0 Å². The zero-order valence-electron chi connectivity index (χ0n) is 16.6. The summed E-state index contributed by atoms with van der Waals surface area (Å²) in [5.74, 6) is 0. The molecule has 2 unspecified atom stereocenters. The monoisotopic (exact) mass is 352 g/mol. The topological polar surface area (TPSA) is 35.8 Å². The minimum absolute atomic E-state index is 0.367. The van der Waals surface area contributed by atoms with Gasteiger partial charge in [-0.15, -0.1) is 0 Å². The average molecular weight is 353 g/mol. The molecule has 0 spiro atoms. The molecule has 2 aliphatic heterocycles. The van der Waals surface area contributed by atoms with E-state index in [4.69, 9.17) is 0 Å². The van der Waals surface area contributed by atoms with Crippen LogP contribution in [0.2, 0.25) is 0 Å². The van der Waals surface area contributed by atoms with Crippen LogP contribution in [0.3, 0.4) is 0 Å². The van der Waals surface area contributed by atoms with Crippen molar-refractivity contribution in [1.29, 1.82) is 0 Å². The van der Waals surface area contributed by atoms with Gasteiger partial charge in [0, 0.05) is 24.4 Å². The molecule has 138 valence electrons. The van der Waals surface area contributed by atoms with Gasteiger partial charge in [0.05, 0.1) is 11.6 Å². The predicted octanol–water partition coefficient (Wildman–Crippen LogP) is 5.25. The van der Waals surface area contributed by atoms with E-state index in [1.54, 1.807) is 0 Å². The quantitative estimate of drug-likeness (QED) is 0.648. The Morgan fingerprint density at radius 2 is 1.62 bits per heavy atom. The summed E-state index contributed by atoms with van der Waals surface area (Å²) in [6, 6.07) is 8.79. The molecular formula is C20H37N2OP. The first-order valence-corrected chi connectivity index (χ1v) is 9.76. The van der Waals surface area contributed by atoms with Crippen molar-refractivity contribution in [1.82, 2.24) is 4.67 Å². The van der Waals surface area contributed by atoms with Crippen LogP contribution in [-0.2, 0) is 0 Å². The van der Waals surface area contributed by atoms with Crippen molar-refractivity contribution in [3.8, 4) is 0 Å². The molecule has 3 nitrogen and oxygen atoms in total. The van der Waals surface area contributed by atoms with Crippen LogP contribution in [0.4, 0.5) is 0 Å². The molecule has 1 aromatic carbocycles. The highest BCUT2D eigenvalue weighted by Gasteiger charge is 2.25. The Balaban J connectivity index is 0.000000371. The molecule has 0 amide bonds. The van der Waals surface area contributed by atoms with E-state index in [-0.39, 0.29) is 0 Å². The number of aliphatic imine (C=N–C) groups is 1. The van der Waals surface area contributed by atoms with E-state index in [9.17, 15) is 5.11 Å². The van der Waals surface area contributed by atoms with Gasteiger partial charge < -0.3 is 5.11 Å². The highest BCUT2D eigenvalue weighted by Crippen LogP contribution is 2.28. The van der Waals surface area contributed by atoms with Gasteiger partial charge in [0.15, 0.2) is 0 Å². The fourth-order valence-corrected chi connectivity index (χ4v) is 2.88. The Labute approximate surface area is 151 Å². The molecule has 3 rings (SSSR count). The van der Waals surface area contributed by atoms with Crippen LogP contribution < -0.4 is 0 Å². The number of hydrogen-bond acceptors (Lipinski definition) is 3. The maximum absolute atomic E-state index is 9.46. The van der Waals surface area contributed by atoms with Gasteiger partial charge in [0.25, 0.3) is 0 Å².